The predicted molar refractivity (Wildman–Crippen MR) is 126 cm³/mol. The fraction of sp³-hybridized carbons (Fsp3) is 0.0769. The molecular formula is C26H20N4O2. The number of para-hydroxylation sites is 1. The molecule has 0 atom stereocenters. The molecule has 32 heavy (non-hydrogen) atoms. The summed E-state index contributed by atoms with van der Waals surface area (Å²) in [6, 6.07) is 24.8. The topological polar surface area (TPSA) is 66.4 Å². The van der Waals surface area contributed by atoms with Gasteiger partial charge in [-0.15, -0.1) is 0 Å². The van der Waals surface area contributed by atoms with E-state index in [1.165, 1.54) is 0 Å². The zero-order chi connectivity index (χ0) is 22.1. The third-order valence-corrected chi connectivity index (χ3v) is 5.55. The summed E-state index contributed by atoms with van der Waals surface area (Å²) >= 11 is 0. The lowest BCUT2D eigenvalue weighted by atomic mass is 10.1. The molecular weight excluding hydrogens is 400 g/mol. The van der Waals surface area contributed by atoms with E-state index in [2.05, 4.69) is 21.9 Å². The van der Waals surface area contributed by atoms with Gasteiger partial charge in [-0.1, -0.05) is 66.7 Å². The Balaban J connectivity index is 1.72. The molecule has 0 saturated heterocycles. The van der Waals surface area contributed by atoms with E-state index in [9.17, 15) is 9.59 Å². The standard InChI is InChI=1S/C26H20N4O2/c1-29-17-30(22-5-3-2-4-6-22)26-24(29)23(20-11-7-18(15-31)8-12-20)27-25(28-26)21-13-9-19(16-32)10-14-21/h2-16H,17H2,1H3. The largest absolute Gasteiger partial charge is 0.352 e. The Morgan fingerprint density at radius 3 is 1.94 bits per heavy atom. The number of hydrogen-bond donors (Lipinski definition) is 0. The predicted octanol–water partition coefficient (Wildman–Crippen LogP) is 4.98. The lowest BCUT2D eigenvalue weighted by Gasteiger charge is -2.18. The van der Waals surface area contributed by atoms with Crippen LogP contribution in [0, 0.1) is 0 Å². The van der Waals surface area contributed by atoms with Gasteiger partial charge in [-0.25, -0.2) is 9.97 Å². The molecule has 6 heteroatoms. The Kier molecular flexibility index (Phi) is 4.95. The Labute approximate surface area is 185 Å². The van der Waals surface area contributed by atoms with E-state index >= 15 is 0 Å². The first kappa shape index (κ1) is 19.6. The maximum atomic E-state index is 11.1. The summed E-state index contributed by atoms with van der Waals surface area (Å²) in [6.07, 6.45) is 1.65. The van der Waals surface area contributed by atoms with Crippen molar-refractivity contribution >= 4 is 29.8 Å². The van der Waals surface area contributed by atoms with E-state index in [4.69, 9.17) is 9.97 Å². The minimum absolute atomic E-state index is 0.576. The van der Waals surface area contributed by atoms with Gasteiger partial charge in [-0.3, -0.25) is 9.59 Å². The van der Waals surface area contributed by atoms with Crippen LogP contribution < -0.4 is 9.80 Å². The number of rotatable bonds is 5. The van der Waals surface area contributed by atoms with Crippen molar-refractivity contribution in [3.8, 4) is 22.6 Å². The highest BCUT2D eigenvalue weighted by Crippen LogP contribution is 2.44. The number of nitrogens with zero attached hydrogens (tertiary/aromatic N) is 4. The molecule has 0 aliphatic carbocycles. The Morgan fingerprint density at radius 1 is 0.750 bits per heavy atom. The lowest BCUT2D eigenvalue weighted by Crippen LogP contribution is -2.24. The molecule has 0 unspecified atom stereocenters. The van der Waals surface area contributed by atoms with Gasteiger partial charge in [0.25, 0.3) is 0 Å². The van der Waals surface area contributed by atoms with Crippen molar-refractivity contribution in [2.45, 2.75) is 0 Å². The average Bonchev–Trinajstić information content (AvgIpc) is 3.20. The average molecular weight is 420 g/mol. The van der Waals surface area contributed by atoms with E-state index in [1.54, 1.807) is 24.3 Å². The van der Waals surface area contributed by atoms with E-state index in [0.29, 0.717) is 23.6 Å². The number of hydrogen-bond acceptors (Lipinski definition) is 6. The molecule has 5 rings (SSSR count). The van der Waals surface area contributed by atoms with Crippen LogP contribution in [0.2, 0.25) is 0 Å². The molecule has 0 spiro atoms. The highest BCUT2D eigenvalue weighted by atomic mass is 16.1. The monoisotopic (exact) mass is 420 g/mol. The molecule has 1 aliphatic heterocycles. The van der Waals surface area contributed by atoms with Gasteiger partial charge < -0.3 is 9.80 Å². The van der Waals surface area contributed by atoms with Gasteiger partial charge >= 0.3 is 0 Å². The SMILES string of the molecule is CN1CN(c2ccccc2)c2nc(-c3ccc(C=O)cc3)nc(-c3ccc(C=O)cc3)c21. The van der Waals surface area contributed by atoms with E-state index in [1.807, 2.05) is 49.5 Å². The molecule has 4 aromatic rings. The molecule has 1 aromatic heterocycles. The number of aromatic nitrogens is 2. The van der Waals surface area contributed by atoms with Crippen LogP contribution >= 0.6 is 0 Å². The first-order valence-corrected chi connectivity index (χ1v) is 10.2. The van der Waals surface area contributed by atoms with Crippen LogP contribution in [-0.2, 0) is 0 Å². The van der Waals surface area contributed by atoms with Gasteiger partial charge in [0.1, 0.15) is 18.3 Å². The second-order valence-corrected chi connectivity index (χ2v) is 7.65. The second kappa shape index (κ2) is 8.07. The lowest BCUT2D eigenvalue weighted by molar-refractivity contribution is 0.111. The summed E-state index contributed by atoms with van der Waals surface area (Å²) in [7, 11) is 2.02. The Morgan fingerprint density at radius 2 is 1.34 bits per heavy atom. The van der Waals surface area contributed by atoms with Crippen molar-refractivity contribution in [3.05, 3.63) is 90.0 Å². The zero-order valence-electron chi connectivity index (χ0n) is 17.5. The molecule has 0 radical (unpaired) electrons. The van der Waals surface area contributed by atoms with E-state index in [0.717, 1.165) is 46.6 Å². The van der Waals surface area contributed by atoms with Gasteiger partial charge in [-0.05, 0) is 12.1 Å². The number of aldehydes is 2. The summed E-state index contributed by atoms with van der Waals surface area (Å²) in [5.74, 6) is 1.39. The van der Waals surface area contributed by atoms with Crippen molar-refractivity contribution in [2.24, 2.45) is 0 Å². The summed E-state index contributed by atoms with van der Waals surface area (Å²) in [4.78, 5) is 36.3. The molecule has 2 heterocycles. The quantitative estimate of drug-likeness (QED) is 0.424. The normalized spacial score (nSPS) is 12.5. The molecule has 156 valence electrons. The van der Waals surface area contributed by atoms with Crippen LogP contribution in [0.15, 0.2) is 78.9 Å². The molecule has 0 saturated carbocycles. The number of carbonyl (C=O) groups excluding carboxylic acids is 2. The summed E-state index contributed by atoms with van der Waals surface area (Å²) in [5, 5.41) is 0. The third-order valence-electron chi connectivity index (χ3n) is 5.55. The number of carbonyl (C=O) groups is 2. The van der Waals surface area contributed by atoms with Crippen molar-refractivity contribution < 1.29 is 9.59 Å². The Hall–Kier alpha value is -4.32. The number of anilines is 3. The van der Waals surface area contributed by atoms with Crippen LogP contribution in [0.3, 0.4) is 0 Å². The molecule has 0 N–H and O–H groups in total. The minimum atomic E-state index is 0.576. The van der Waals surface area contributed by atoms with Crippen LogP contribution in [0.4, 0.5) is 17.2 Å². The van der Waals surface area contributed by atoms with Gasteiger partial charge in [-0.2, -0.15) is 0 Å². The van der Waals surface area contributed by atoms with E-state index < -0.39 is 0 Å². The fourth-order valence-electron chi connectivity index (χ4n) is 3.91. The van der Waals surface area contributed by atoms with Gasteiger partial charge in [0.2, 0.25) is 0 Å². The Bertz CT molecular complexity index is 1290. The highest BCUT2D eigenvalue weighted by molar-refractivity contribution is 5.91. The maximum Gasteiger partial charge on any atom is 0.163 e. The molecule has 3 aromatic carbocycles. The van der Waals surface area contributed by atoms with E-state index in [-0.39, 0.29) is 0 Å². The maximum absolute atomic E-state index is 11.1. The van der Waals surface area contributed by atoms with Crippen LogP contribution in [0.25, 0.3) is 22.6 Å². The molecule has 1 aliphatic rings. The van der Waals surface area contributed by atoms with Gasteiger partial charge in [0.05, 0.1) is 12.4 Å². The fourth-order valence-corrected chi connectivity index (χ4v) is 3.91. The molecule has 0 fully saturated rings. The number of benzene rings is 3. The van der Waals surface area contributed by atoms with Crippen molar-refractivity contribution in [2.75, 3.05) is 23.5 Å². The molecule has 0 amide bonds. The highest BCUT2D eigenvalue weighted by Gasteiger charge is 2.31. The van der Waals surface area contributed by atoms with Gasteiger partial charge in [0, 0.05) is 35.0 Å². The second-order valence-electron chi connectivity index (χ2n) is 7.65. The van der Waals surface area contributed by atoms with Crippen LogP contribution in [0.5, 0.6) is 0 Å². The van der Waals surface area contributed by atoms with Crippen molar-refractivity contribution in [3.63, 3.8) is 0 Å². The minimum Gasteiger partial charge on any atom is -0.352 e. The summed E-state index contributed by atoms with van der Waals surface area (Å²) < 4.78 is 0. The first-order chi connectivity index (χ1) is 15.7. The van der Waals surface area contributed by atoms with Crippen molar-refractivity contribution in [1.29, 1.82) is 0 Å². The molecule has 6 nitrogen and oxygen atoms in total. The van der Waals surface area contributed by atoms with Crippen molar-refractivity contribution in [1.82, 2.24) is 9.97 Å². The molecule has 0 bridgehead atoms. The smallest absolute Gasteiger partial charge is 0.163 e. The van der Waals surface area contributed by atoms with Crippen LogP contribution in [-0.4, -0.2) is 36.3 Å². The van der Waals surface area contributed by atoms with Crippen LogP contribution in [0.1, 0.15) is 20.7 Å². The zero-order valence-corrected chi connectivity index (χ0v) is 17.5. The van der Waals surface area contributed by atoms with Gasteiger partial charge in [0.15, 0.2) is 11.6 Å². The summed E-state index contributed by atoms with van der Waals surface area (Å²) in [6.45, 7) is 0.640. The first-order valence-electron chi connectivity index (χ1n) is 10.2. The number of fused-ring (bicyclic) bond motifs is 1. The summed E-state index contributed by atoms with van der Waals surface area (Å²) in [5.41, 5.74) is 5.72. The third kappa shape index (κ3) is 3.41.